The molecule has 2 fully saturated rings. The highest BCUT2D eigenvalue weighted by Gasteiger charge is 2.25. The van der Waals surface area contributed by atoms with E-state index in [9.17, 15) is 0 Å². The van der Waals surface area contributed by atoms with Gasteiger partial charge in [0, 0.05) is 25.2 Å². The van der Waals surface area contributed by atoms with Crippen molar-refractivity contribution in [3.63, 3.8) is 0 Å². The van der Waals surface area contributed by atoms with Crippen molar-refractivity contribution in [3.05, 3.63) is 0 Å². The van der Waals surface area contributed by atoms with Crippen LogP contribution in [0.25, 0.3) is 0 Å². The van der Waals surface area contributed by atoms with Crippen molar-refractivity contribution in [2.24, 2.45) is 0 Å². The normalized spacial score (nSPS) is 34.9. The summed E-state index contributed by atoms with van der Waals surface area (Å²) in [5.41, 5.74) is 0. The summed E-state index contributed by atoms with van der Waals surface area (Å²) in [6.45, 7) is 5.14. The molecule has 0 radical (unpaired) electrons. The molecule has 0 spiro atoms. The molecular formula is C13H27N3. The minimum atomic E-state index is 0.783. The first-order valence-corrected chi connectivity index (χ1v) is 6.89. The molecule has 1 saturated heterocycles. The van der Waals surface area contributed by atoms with Crippen molar-refractivity contribution >= 4 is 0 Å². The van der Waals surface area contributed by atoms with Crippen LogP contribution >= 0.6 is 0 Å². The molecule has 16 heavy (non-hydrogen) atoms. The monoisotopic (exact) mass is 225 g/mol. The first kappa shape index (κ1) is 12.3. The molecule has 1 aliphatic carbocycles. The lowest BCUT2D eigenvalue weighted by Crippen LogP contribution is -2.43. The zero-order valence-electron chi connectivity index (χ0n) is 10.9. The van der Waals surface area contributed by atoms with Gasteiger partial charge in [-0.3, -0.25) is 4.90 Å². The van der Waals surface area contributed by atoms with Crippen LogP contribution in [-0.2, 0) is 0 Å². The van der Waals surface area contributed by atoms with Crippen LogP contribution in [0.4, 0.5) is 0 Å². The maximum atomic E-state index is 3.42. The summed E-state index contributed by atoms with van der Waals surface area (Å²) >= 11 is 0. The summed E-state index contributed by atoms with van der Waals surface area (Å²) in [4.78, 5) is 5.22. The van der Waals surface area contributed by atoms with E-state index in [4.69, 9.17) is 0 Å². The van der Waals surface area contributed by atoms with Gasteiger partial charge in [-0.25, -0.2) is 0 Å². The van der Waals surface area contributed by atoms with Crippen LogP contribution in [0.5, 0.6) is 0 Å². The van der Waals surface area contributed by atoms with Gasteiger partial charge in [0.05, 0.1) is 0 Å². The molecule has 0 amide bonds. The highest BCUT2D eigenvalue weighted by atomic mass is 15.2. The zero-order chi connectivity index (χ0) is 11.4. The molecule has 1 aliphatic heterocycles. The van der Waals surface area contributed by atoms with Gasteiger partial charge in [-0.15, -0.1) is 0 Å². The second-order valence-corrected chi connectivity index (χ2v) is 5.49. The molecule has 0 aromatic rings. The number of likely N-dealkylation sites (N-methyl/N-ethyl adjacent to an activating group) is 1. The fraction of sp³-hybridized carbons (Fsp3) is 1.00. The van der Waals surface area contributed by atoms with E-state index >= 15 is 0 Å². The summed E-state index contributed by atoms with van der Waals surface area (Å²) < 4.78 is 0. The minimum Gasteiger partial charge on any atom is -0.317 e. The maximum Gasteiger partial charge on any atom is 0.0112 e. The molecule has 0 unspecified atom stereocenters. The Labute approximate surface area is 100 Å². The lowest BCUT2D eigenvalue weighted by Gasteiger charge is -2.36. The highest BCUT2D eigenvalue weighted by Crippen LogP contribution is 2.23. The van der Waals surface area contributed by atoms with Gasteiger partial charge in [-0.05, 0) is 59.3 Å². The molecule has 2 rings (SSSR count). The number of rotatable bonds is 2. The molecule has 1 saturated carbocycles. The van der Waals surface area contributed by atoms with E-state index < -0.39 is 0 Å². The Bertz CT molecular complexity index is 199. The van der Waals surface area contributed by atoms with Crippen molar-refractivity contribution in [1.82, 2.24) is 15.1 Å². The summed E-state index contributed by atoms with van der Waals surface area (Å²) in [6, 6.07) is 1.65. The Balaban J connectivity index is 1.79. The van der Waals surface area contributed by atoms with Gasteiger partial charge < -0.3 is 10.2 Å². The lowest BCUT2D eigenvalue weighted by molar-refractivity contribution is 0.150. The van der Waals surface area contributed by atoms with Gasteiger partial charge in [0.2, 0.25) is 0 Å². The summed E-state index contributed by atoms with van der Waals surface area (Å²) in [6.07, 6.45) is 6.88. The molecule has 0 bridgehead atoms. The van der Waals surface area contributed by atoms with Crippen LogP contribution in [0.15, 0.2) is 0 Å². The quantitative estimate of drug-likeness (QED) is 0.761. The van der Waals surface area contributed by atoms with Gasteiger partial charge >= 0.3 is 0 Å². The van der Waals surface area contributed by atoms with E-state index in [1.54, 1.807) is 0 Å². The largest absolute Gasteiger partial charge is 0.317 e. The van der Waals surface area contributed by atoms with E-state index in [0.29, 0.717) is 0 Å². The molecule has 3 nitrogen and oxygen atoms in total. The molecule has 0 aromatic carbocycles. The van der Waals surface area contributed by atoms with Crippen molar-refractivity contribution in [2.45, 2.75) is 44.2 Å². The molecule has 1 N–H and O–H groups in total. The number of nitrogens with one attached hydrogen (secondary N) is 1. The first-order valence-electron chi connectivity index (χ1n) is 6.89. The zero-order valence-corrected chi connectivity index (χ0v) is 10.9. The second-order valence-electron chi connectivity index (χ2n) is 5.49. The molecular weight excluding hydrogens is 198 g/mol. The third-order valence-electron chi connectivity index (χ3n) is 4.38. The van der Waals surface area contributed by atoms with Crippen LogP contribution < -0.4 is 5.32 Å². The first-order chi connectivity index (χ1) is 7.79. The van der Waals surface area contributed by atoms with E-state index in [1.165, 1.54) is 58.3 Å². The Morgan fingerprint density at radius 3 is 2.38 bits per heavy atom. The molecule has 0 atom stereocenters. The van der Waals surface area contributed by atoms with E-state index in [-0.39, 0.29) is 0 Å². The highest BCUT2D eigenvalue weighted by molar-refractivity contribution is 4.83. The fourth-order valence-electron chi connectivity index (χ4n) is 3.16. The summed E-state index contributed by atoms with van der Waals surface area (Å²) in [5, 5.41) is 3.42. The van der Waals surface area contributed by atoms with E-state index in [2.05, 4.69) is 29.2 Å². The third-order valence-corrected chi connectivity index (χ3v) is 4.38. The lowest BCUT2D eigenvalue weighted by atomic mass is 9.90. The number of hydrogen-bond donors (Lipinski definition) is 1. The van der Waals surface area contributed by atoms with Crippen LogP contribution in [0.3, 0.4) is 0 Å². The topological polar surface area (TPSA) is 18.5 Å². The molecule has 94 valence electrons. The standard InChI is InChI=1S/C13H27N3/c1-14-12-4-6-13(7-5-12)16-9-3-8-15(2)10-11-16/h12-14H,3-11H2,1-2H3/t12-,13-. The predicted molar refractivity (Wildman–Crippen MR) is 68.8 cm³/mol. The second kappa shape index (κ2) is 5.99. The SMILES string of the molecule is CN[C@H]1CC[C@H](N2CCCN(C)CC2)CC1. The average Bonchev–Trinajstić information content (AvgIpc) is 2.54. The number of nitrogens with zero attached hydrogens (tertiary/aromatic N) is 2. The molecule has 2 aliphatic rings. The smallest absolute Gasteiger partial charge is 0.0112 e. The van der Waals surface area contributed by atoms with Crippen molar-refractivity contribution in [3.8, 4) is 0 Å². The Kier molecular flexibility index (Phi) is 4.62. The van der Waals surface area contributed by atoms with Crippen LogP contribution in [0.1, 0.15) is 32.1 Å². The minimum absolute atomic E-state index is 0.783. The van der Waals surface area contributed by atoms with Gasteiger partial charge in [0.15, 0.2) is 0 Å². The van der Waals surface area contributed by atoms with Crippen molar-refractivity contribution in [1.29, 1.82) is 0 Å². The van der Waals surface area contributed by atoms with Crippen LogP contribution in [0.2, 0.25) is 0 Å². The Hall–Kier alpha value is -0.120. The van der Waals surface area contributed by atoms with Gasteiger partial charge in [0.1, 0.15) is 0 Å². The van der Waals surface area contributed by atoms with Crippen LogP contribution in [0, 0.1) is 0 Å². The average molecular weight is 225 g/mol. The third kappa shape index (κ3) is 3.19. The van der Waals surface area contributed by atoms with Crippen LogP contribution in [-0.4, -0.2) is 62.2 Å². The summed E-state index contributed by atoms with van der Waals surface area (Å²) in [7, 11) is 4.35. The molecule has 1 heterocycles. The Morgan fingerprint density at radius 2 is 1.69 bits per heavy atom. The Morgan fingerprint density at radius 1 is 0.938 bits per heavy atom. The van der Waals surface area contributed by atoms with Crippen molar-refractivity contribution in [2.75, 3.05) is 40.3 Å². The van der Waals surface area contributed by atoms with Crippen molar-refractivity contribution < 1.29 is 0 Å². The molecule has 3 heteroatoms. The predicted octanol–water partition coefficient (Wildman–Crippen LogP) is 1.15. The van der Waals surface area contributed by atoms with Gasteiger partial charge in [-0.1, -0.05) is 0 Å². The number of hydrogen-bond acceptors (Lipinski definition) is 3. The fourth-order valence-corrected chi connectivity index (χ4v) is 3.16. The molecule has 0 aromatic heterocycles. The van der Waals surface area contributed by atoms with E-state index in [1.807, 2.05) is 0 Å². The van der Waals surface area contributed by atoms with Gasteiger partial charge in [-0.2, -0.15) is 0 Å². The maximum absolute atomic E-state index is 3.42. The van der Waals surface area contributed by atoms with Gasteiger partial charge in [0.25, 0.3) is 0 Å². The van der Waals surface area contributed by atoms with E-state index in [0.717, 1.165) is 12.1 Å². The summed E-state index contributed by atoms with van der Waals surface area (Å²) in [5.74, 6) is 0.